The van der Waals surface area contributed by atoms with Crippen LogP contribution in [0.2, 0.25) is 0 Å². The zero-order chi connectivity index (χ0) is 18.1. The van der Waals surface area contributed by atoms with E-state index in [1.165, 1.54) is 37.0 Å². The molecular formula is C21H24N2O2S. The van der Waals surface area contributed by atoms with Crippen molar-refractivity contribution in [3.05, 3.63) is 40.9 Å². The molecule has 1 aromatic heterocycles. The van der Waals surface area contributed by atoms with E-state index in [1.54, 1.807) is 6.92 Å². The first-order chi connectivity index (χ1) is 12.6. The number of piperidine rings is 1. The van der Waals surface area contributed by atoms with Crippen molar-refractivity contribution >= 4 is 23.0 Å². The summed E-state index contributed by atoms with van der Waals surface area (Å²) in [7, 11) is 0. The fourth-order valence-electron chi connectivity index (χ4n) is 4.42. The van der Waals surface area contributed by atoms with Crippen LogP contribution in [0, 0.1) is 11.8 Å². The van der Waals surface area contributed by atoms with Crippen LogP contribution in [0.3, 0.4) is 0 Å². The number of ketones is 1. The van der Waals surface area contributed by atoms with Crippen LogP contribution in [-0.4, -0.2) is 34.7 Å². The third-order valence-corrected chi connectivity index (χ3v) is 6.71. The highest BCUT2D eigenvalue weighted by molar-refractivity contribution is 7.13. The number of amides is 1. The Kier molecular flexibility index (Phi) is 4.90. The lowest BCUT2D eigenvalue weighted by atomic mass is 9.75. The minimum Gasteiger partial charge on any atom is -0.337 e. The van der Waals surface area contributed by atoms with Crippen LogP contribution in [0.25, 0.3) is 10.6 Å². The van der Waals surface area contributed by atoms with Crippen molar-refractivity contribution in [3.8, 4) is 10.6 Å². The van der Waals surface area contributed by atoms with Crippen LogP contribution in [0.4, 0.5) is 0 Å². The van der Waals surface area contributed by atoms with Crippen LogP contribution in [0.15, 0.2) is 29.6 Å². The summed E-state index contributed by atoms with van der Waals surface area (Å²) in [6, 6.07) is 7.47. The maximum Gasteiger partial charge on any atom is 0.273 e. The van der Waals surface area contributed by atoms with Crippen molar-refractivity contribution in [3.63, 3.8) is 0 Å². The Labute approximate surface area is 158 Å². The van der Waals surface area contributed by atoms with E-state index in [4.69, 9.17) is 0 Å². The molecule has 0 spiro atoms. The van der Waals surface area contributed by atoms with Crippen molar-refractivity contribution in [1.82, 2.24) is 9.88 Å². The average molecular weight is 369 g/mol. The number of thiazole rings is 1. The van der Waals surface area contributed by atoms with Gasteiger partial charge in [0, 0.05) is 29.6 Å². The molecule has 1 saturated heterocycles. The van der Waals surface area contributed by atoms with Gasteiger partial charge in [-0.25, -0.2) is 4.98 Å². The zero-order valence-corrected chi connectivity index (χ0v) is 15.9. The molecule has 2 aromatic rings. The highest BCUT2D eigenvalue weighted by atomic mass is 32.1. The number of Topliss-reactive ketones (excluding diaryl/α,β-unsaturated/α-hetero) is 1. The van der Waals surface area contributed by atoms with Crippen LogP contribution in [0.5, 0.6) is 0 Å². The summed E-state index contributed by atoms with van der Waals surface area (Å²) < 4.78 is 0. The first kappa shape index (κ1) is 17.4. The summed E-state index contributed by atoms with van der Waals surface area (Å²) in [5.74, 6) is 1.53. The third kappa shape index (κ3) is 3.32. The molecule has 26 heavy (non-hydrogen) atoms. The Morgan fingerprint density at radius 3 is 2.69 bits per heavy atom. The molecule has 0 bridgehead atoms. The second-order valence-corrected chi connectivity index (χ2v) is 8.34. The lowest BCUT2D eigenvalue weighted by molar-refractivity contribution is 0.0516. The summed E-state index contributed by atoms with van der Waals surface area (Å²) in [6.45, 7) is 3.28. The Morgan fingerprint density at radius 1 is 1.12 bits per heavy atom. The maximum absolute atomic E-state index is 12.9. The van der Waals surface area contributed by atoms with Gasteiger partial charge in [0.25, 0.3) is 5.91 Å². The number of likely N-dealkylation sites (tertiary alicyclic amines) is 1. The number of hydrogen-bond acceptors (Lipinski definition) is 4. The smallest absolute Gasteiger partial charge is 0.273 e. The molecule has 5 heteroatoms. The monoisotopic (exact) mass is 368 g/mol. The summed E-state index contributed by atoms with van der Waals surface area (Å²) in [5.41, 5.74) is 1.98. The first-order valence-corrected chi connectivity index (χ1v) is 10.4. The molecule has 2 heterocycles. The molecule has 2 fully saturated rings. The molecule has 1 saturated carbocycles. The first-order valence-electron chi connectivity index (χ1n) is 9.48. The van der Waals surface area contributed by atoms with E-state index in [-0.39, 0.29) is 11.7 Å². The van der Waals surface area contributed by atoms with Crippen molar-refractivity contribution in [2.24, 2.45) is 11.8 Å². The Morgan fingerprint density at radius 2 is 1.88 bits per heavy atom. The molecule has 1 aromatic carbocycles. The topological polar surface area (TPSA) is 50.3 Å². The standard InChI is InChI=1S/C21H24N2O2S/c1-14(24)17-8-4-5-9-18(17)20-22-19(13-26-20)21(25)23-11-10-15-6-2-3-7-16(15)12-23/h4-5,8-9,13,15-16H,2-3,6-7,10-12H2,1H3/t15-,16-/m1/s1. The Balaban J connectivity index is 1.53. The van der Waals surface area contributed by atoms with Crippen molar-refractivity contribution in [2.45, 2.75) is 39.0 Å². The minimum absolute atomic E-state index is 0.0167. The number of rotatable bonds is 3. The van der Waals surface area contributed by atoms with Crippen molar-refractivity contribution in [2.75, 3.05) is 13.1 Å². The molecule has 2 atom stereocenters. The SMILES string of the molecule is CC(=O)c1ccccc1-c1nc(C(=O)N2CC[C@H]3CCCC[C@@H]3C2)cs1. The van der Waals surface area contributed by atoms with Gasteiger partial charge < -0.3 is 4.90 Å². The van der Waals surface area contributed by atoms with Crippen molar-refractivity contribution in [1.29, 1.82) is 0 Å². The van der Waals surface area contributed by atoms with Gasteiger partial charge in [-0.1, -0.05) is 43.5 Å². The molecule has 2 aliphatic rings. The molecule has 136 valence electrons. The molecule has 0 unspecified atom stereocenters. The Bertz CT molecular complexity index is 829. The number of aromatic nitrogens is 1. The average Bonchev–Trinajstić information content (AvgIpc) is 3.17. The van der Waals surface area contributed by atoms with Gasteiger partial charge in [0.15, 0.2) is 5.78 Å². The van der Waals surface area contributed by atoms with E-state index in [0.717, 1.165) is 36.0 Å². The molecule has 4 rings (SSSR count). The number of hydrogen-bond donors (Lipinski definition) is 0. The lowest BCUT2D eigenvalue weighted by Gasteiger charge is -2.41. The summed E-state index contributed by atoms with van der Waals surface area (Å²) in [6.07, 6.45) is 6.35. The third-order valence-electron chi connectivity index (χ3n) is 5.84. The largest absolute Gasteiger partial charge is 0.337 e. The predicted molar refractivity (Wildman–Crippen MR) is 104 cm³/mol. The number of carbonyl (C=O) groups is 2. The fraction of sp³-hybridized carbons (Fsp3) is 0.476. The zero-order valence-electron chi connectivity index (χ0n) is 15.1. The maximum atomic E-state index is 12.9. The predicted octanol–water partition coefficient (Wildman–Crippen LogP) is 4.67. The van der Waals surface area contributed by atoms with E-state index in [0.29, 0.717) is 17.2 Å². The van der Waals surface area contributed by atoms with Gasteiger partial charge in [0.2, 0.25) is 0 Å². The molecule has 0 N–H and O–H groups in total. The highest BCUT2D eigenvalue weighted by Gasteiger charge is 2.33. The van der Waals surface area contributed by atoms with E-state index in [2.05, 4.69) is 4.98 Å². The minimum atomic E-state index is 0.0167. The summed E-state index contributed by atoms with van der Waals surface area (Å²) in [4.78, 5) is 31.4. The summed E-state index contributed by atoms with van der Waals surface area (Å²) >= 11 is 1.44. The van der Waals surface area contributed by atoms with Gasteiger partial charge >= 0.3 is 0 Å². The van der Waals surface area contributed by atoms with E-state index >= 15 is 0 Å². The normalized spacial score (nSPS) is 22.7. The number of fused-ring (bicyclic) bond motifs is 1. The van der Waals surface area contributed by atoms with E-state index < -0.39 is 0 Å². The number of carbonyl (C=O) groups excluding carboxylic acids is 2. The second-order valence-electron chi connectivity index (χ2n) is 7.48. The van der Waals surface area contributed by atoms with Crippen LogP contribution in [-0.2, 0) is 0 Å². The molecule has 1 aliphatic carbocycles. The molecule has 4 nitrogen and oxygen atoms in total. The quantitative estimate of drug-likeness (QED) is 0.740. The van der Waals surface area contributed by atoms with Crippen LogP contribution in [0.1, 0.15) is 59.9 Å². The number of benzene rings is 1. The van der Waals surface area contributed by atoms with Gasteiger partial charge in [0.1, 0.15) is 10.7 Å². The van der Waals surface area contributed by atoms with Gasteiger partial charge in [-0.05, 0) is 31.6 Å². The molecule has 1 amide bonds. The van der Waals surface area contributed by atoms with Gasteiger partial charge in [-0.2, -0.15) is 0 Å². The van der Waals surface area contributed by atoms with Gasteiger partial charge in [-0.3, -0.25) is 9.59 Å². The van der Waals surface area contributed by atoms with Crippen molar-refractivity contribution < 1.29 is 9.59 Å². The Hall–Kier alpha value is -2.01. The van der Waals surface area contributed by atoms with Gasteiger partial charge in [0.05, 0.1) is 0 Å². The second kappa shape index (κ2) is 7.31. The summed E-state index contributed by atoms with van der Waals surface area (Å²) in [5, 5.41) is 2.58. The van der Waals surface area contributed by atoms with E-state index in [9.17, 15) is 9.59 Å². The van der Waals surface area contributed by atoms with Gasteiger partial charge in [-0.15, -0.1) is 11.3 Å². The molecule has 0 radical (unpaired) electrons. The molecule has 1 aliphatic heterocycles. The van der Waals surface area contributed by atoms with Crippen LogP contribution < -0.4 is 0 Å². The lowest BCUT2D eigenvalue weighted by Crippen LogP contribution is -2.44. The highest BCUT2D eigenvalue weighted by Crippen LogP contribution is 2.36. The number of nitrogens with zero attached hydrogens (tertiary/aromatic N) is 2. The molecular weight excluding hydrogens is 344 g/mol. The fourth-order valence-corrected chi connectivity index (χ4v) is 5.25. The van der Waals surface area contributed by atoms with E-state index in [1.807, 2.05) is 34.5 Å². The van der Waals surface area contributed by atoms with Crippen LogP contribution >= 0.6 is 11.3 Å².